The first-order chi connectivity index (χ1) is 6.16. The molecule has 0 saturated heterocycles. The molecule has 0 radical (unpaired) electrons. The van der Waals surface area contributed by atoms with Crippen LogP contribution in [-0.4, -0.2) is 30.3 Å². The molecule has 0 aromatic carbocycles. The van der Waals surface area contributed by atoms with Crippen LogP contribution in [0.2, 0.25) is 0 Å². The van der Waals surface area contributed by atoms with Gasteiger partial charge in [-0.2, -0.15) is 0 Å². The van der Waals surface area contributed by atoms with Crippen LogP contribution in [0, 0.1) is 0 Å². The van der Waals surface area contributed by atoms with E-state index in [1.807, 2.05) is 6.92 Å². The molecule has 0 aromatic heterocycles. The molecule has 0 aliphatic heterocycles. The monoisotopic (exact) mass is 188 g/mol. The highest BCUT2D eigenvalue weighted by molar-refractivity contribution is 5.73. The van der Waals surface area contributed by atoms with Gasteiger partial charge in [0.25, 0.3) is 0 Å². The van der Waals surface area contributed by atoms with Crippen LogP contribution in [0.25, 0.3) is 0 Å². The fraction of sp³-hybridized carbons (Fsp3) is 0.889. The summed E-state index contributed by atoms with van der Waals surface area (Å²) in [7, 11) is 0. The molecule has 2 amide bonds. The molecule has 0 rings (SSSR count). The van der Waals surface area contributed by atoms with E-state index in [1.54, 1.807) is 6.92 Å². The van der Waals surface area contributed by atoms with Gasteiger partial charge in [-0.3, -0.25) is 0 Å². The summed E-state index contributed by atoms with van der Waals surface area (Å²) in [4.78, 5) is 11.0. The number of aliphatic hydroxyl groups is 1. The molecule has 4 nitrogen and oxygen atoms in total. The summed E-state index contributed by atoms with van der Waals surface area (Å²) in [5.74, 6) is 0. The Labute approximate surface area is 79.7 Å². The molecule has 0 heterocycles. The second-order valence-corrected chi connectivity index (χ2v) is 3.17. The summed E-state index contributed by atoms with van der Waals surface area (Å²) in [6.07, 6.45) is 2.22. The Morgan fingerprint density at radius 1 is 1.38 bits per heavy atom. The van der Waals surface area contributed by atoms with E-state index in [0.717, 1.165) is 19.3 Å². The van der Waals surface area contributed by atoms with Gasteiger partial charge in [0.2, 0.25) is 0 Å². The number of nitrogens with one attached hydrogen (secondary N) is 2. The van der Waals surface area contributed by atoms with E-state index in [-0.39, 0.29) is 12.1 Å². The lowest BCUT2D eigenvalue weighted by Gasteiger charge is -2.07. The summed E-state index contributed by atoms with van der Waals surface area (Å²) in [5, 5.41) is 14.4. The average molecular weight is 188 g/mol. The third kappa shape index (κ3) is 9.14. The van der Waals surface area contributed by atoms with Crippen molar-refractivity contribution in [2.45, 2.75) is 39.2 Å². The van der Waals surface area contributed by atoms with Gasteiger partial charge in [0, 0.05) is 13.1 Å². The summed E-state index contributed by atoms with van der Waals surface area (Å²) < 4.78 is 0. The predicted octanol–water partition coefficient (Wildman–Crippen LogP) is 0.857. The molecule has 3 N–H and O–H groups in total. The van der Waals surface area contributed by atoms with E-state index in [0.29, 0.717) is 13.1 Å². The van der Waals surface area contributed by atoms with Crippen LogP contribution < -0.4 is 10.6 Å². The van der Waals surface area contributed by atoms with Crippen molar-refractivity contribution in [3.8, 4) is 0 Å². The van der Waals surface area contributed by atoms with E-state index < -0.39 is 0 Å². The Morgan fingerprint density at radius 3 is 2.54 bits per heavy atom. The minimum Gasteiger partial charge on any atom is -0.393 e. The SMILES string of the molecule is CCCNC(=O)NCCCC(C)O. The van der Waals surface area contributed by atoms with Crippen molar-refractivity contribution < 1.29 is 9.90 Å². The molecule has 0 bridgehead atoms. The fourth-order valence-electron chi connectivity index (χ4n) is 0.900. The van der Waals surface area contributed by atoms with E-state index in [9.17, 15) is 4.79 Å². The molecule has 1 atom stereocenters. The minimum atomic E-state index is -0.277. The Hall–Kier alpha value is -0.770. The number of urea groups is 1. The van der Waals surface area contributed by atoms with E-state index in [4.69, 9.17) is 5.11 Å². The summed E-state index contributed by atoms with van der Waals surface area (Å²) >= 11 is 0. The maximum Gasteiger partial charge on any atom is 0.314 e. The molecule has 0 spiro atoms. The zero-order chi connectivity index (χ0) is 10.1. The fourth-order valence-corrected chi connectivity index (χ4v) is 0.900. The number of amides is 2. The third-order valence-corrected chi connectivity index (χ3v) is 1.62. The van der Waals surface area contributed by atoms with E-state index in [2.05, 4.69) is 10.6 Å². The second-order valence-electron chi connectivity index (χ2n) is 3.17. The van der Waals surface area contributed by atoms with Gasteiger partial charge in [-0.15, -0.1) is 0 Å². The Bertz CT molecular complexity index is 138. The van der Waals surface area contributed by atoms with Crippen molar-refractivity contribution in [1.82, 2.24) is 10.6 Å². The number of hydrogen-bond acceptors (Lipinski definition) is 2. The predicted molar refractivity (Wildman–Crippen MR) is 52.6 cm³/mol. The minimum absolute atomic E-state index is 0.118. The number of carbonyl (C=O) groups is 1. The number of rotatable bonds is 6. The Balaban J connectivity index is 3.17. The van der Waals surface area contributed by atoms with Crippen LogP contribution >= 0.6 is 0 Å². The molecule has 4 heteroatoms. The Morgan fingerprint density at radius 2 is 2.00 bits per heavy atom. The molecule has 0 saturated carbocycles. The average Bonchev–Trinajstić information content (AvgIpc) is 2.08. The van der Waals surface area contributed by atoms with Crippen LogP contribution in [0.5, 0.6) is 0 Å². The summed E-state index contributed by atoms with van der Waals surface area (Å²) in [5.41, 5.74) is 0. The zero-order valence-electron chi connectivity index (χ0n) is 8.47. The molecule has 0 fully saturated rings. The van der Waals surface area contributed by atoms with Crippen molar-refractivity contribution in [3.63, 3.8) is 0 Å². The quantitative estimate of drug-likeness (QED) is 0.541. The van der Waals surface area contributed by atoms with Gasteiger partial charge < -0.3 is 15.7 Å². The van der Waals surface area contributed by atoms with Crippen LogP contribution in [-0.2, 0) is 0 Å². The van der Waals surface area contributed by atoms with Crippen LogP contribution in [0.4, 0.5) is 4.79 Å². The summed E-state index contributed by atoms with van der Waals surface area (Å²) in [6.45, 7) is 5.09. The van der Waals surface area contributed by atoms with Crippen LogP contribution in [0.15, 0.2) is 0 Å². The number of hydrogen-bond donors (Lipinski definition) is 3. The lowest BCUT2D eigenvalue weighted by Crippen LogP contribution is -2.36. The molecular weight excluding hydrogens is 168 g/mol. The van der Waals surface area contributed by atoms with Gasteiger partial charge in [-0.05, 0) is 26.2 Å². The maximum absolute atomic E-state index is 11.0. The topological polar surface area (TPSA) is 61.4 Å². The highest BCUT2D eigenvalue weighted by Gasteiger charge is 1.98. The highest BCUT2D eigenvalue weighted by atomic mass is 16.3. The molecule has 0 aromatic rings. The van der Waals surface area contributed by atoms with Crippen molar-refractivity contribution in [3.05, 3.63) is 0 Å². The third-order valence-electron chi connectivity index (χ3n) is 1.62. The normalized spacial score (nSPS) is 12.2. The van der Waals surface area contributed by atoms with E-state index >= 15 is 0 Å². The van der Waals surface area contributed by atoms with Crippen molar-refractivity contribution >= 4 is 6.03 Å². The molecule has 0 aliphatic carbocycles. The molecule has 13 heavy (non-hydrogen) atoms. The Kier molecular flexibility index (Phi) is 7.39. The van der Waals surface area contributed by atoms with Crippen molar-refractivity contribution in [2.75, 3.05) is 13.1 Å². The van der Waals surface area contributed by atoms with Crippen molar-refractivity contribution in [2.24, 2.45) is 0 Å². The second kappa shape index (κ2) is 7.86. The van der Waals surface area contributed by atoms with Crippen LogP contribution in [0.1, 0.15) is 33.1 Å². The first-order valence-electron chi connectivity index (χ1n) is 4.86. The number of aliphatic hydroxyl groups excluding tert-OH is 1. The molecule has 78 valence electrons. The van der Waals surface area contributed by atoms with Gasteiger partial charge in [-0.1, -0.05) is 6.92 Å². The first kappa shape index (κ1) is 12.2. The van der Waals surface area contributed by atoms with Crippen LogP contribution in [0.3, 0.4) is 0 Å². The molecule has 0 aliphatic rings. The van der Waals surface area contributed by atoms with E-state index in [1.165, 1.54) is 0 Å². The smallest absolute Gasteiger partial charge is 0.314 e. The maximum atomic E-state index is 11.0. The highest BCUT2D eigenvalue weighted by Crippen LogP contribution is 1.92. The van der Waals surface area contributed by atoms with Gasteiger partial charge in [0.1, 0.15) is 0 Å². The van der Waals surface area contributed by atoms with Gasteiger partial charge >= 0.3 is 6.03 Å². The lowest BCUT2D eigenvalue weighted by molar-refractivity contribution is 0.181. The zero-order valence-corrected chi connectivity index (χ0v) is 8.47. The standard InChI is InChI=1S/C9H20N2O2/c1-3-6-10-9(13)11-7-4-5-8(2)12/h8,12H,3-7H2,1-2H3,(H2,10,11,13). The van der Waals surface area contributed by atoms with Gasteiger partial charge in [0.15, 0.2) is 0 Å². The van der Waals surface area contributed by atoms with Gasteiger partial charge in [0.05, 0.1) is 6.10 Å². The number of carbonyl (C=O) groups excluding carboxylic acids is 1. The molecule has 1 unspecified atom stereocenters. The summed E-state index contributed by atoms with van der Waals surface area (Å²) in [6, 6.07) is -0.118. The van der Waals surface area contributed by atoms with Crippen molar-refractivity contribution in [1.29, 1.82) is 0 Å². The largest absolute Gasteiger partial charge is 0.393 e. The molecular formula is C9H20N2O2. The lowest BCUT2D eigenvalue weighted by atomic mass is 10.2. The van der Waals surface area contributed by atoms with Gasteiger partial charge in [-0.25, -0.2) is 4.79 Å². The first-order valence-corrected chi connectivity index (χ1v) is 4.86.